The largest absolute Gasteiger partial charge is 0.504 e. The molecule has 0 saturated carbocycles. The molecule has 0 bridgehead atoms. The predicted octanol–water partition coefficient (Wildman–Crippen LogP) is 4.36. The summed E-state index contributed by atoms with van der Waals surface area (Å²) in [6, 6.07) is 5.38. The first-order valence-corrected chi connectivity index (χ1v) is 9.32. The number of aryl methyl sites for hydroxylation is 1. The van der Waals surface area contributed by atoms with E-state index in [2.05, 4.69) is 36.2 Å². The van der Waals surface area contributed by atoms with Crippen LogP contribution >= 0.6 is 0 Å². The molecule has 0 fully saturated rings. The first-order chi connectivity index (χ1) is 12.7. The summed E-state index contributed by atoms with van der Waals surface area (Å²) in [6.07, 6.45) is 8.16. The van der Waals surface area contributed by atoms with E-state index in [1.807, 2.05) is 6.07 Å². The molecule has 0 aliphatic rings. The van der Waals surface area contributed by atoms with Crippen molar-refractivity contribution in [2.75, 3.05) is 13.7 Å². The minimum atomic E-state index is 0.277. The molecule has 1 heterocycles. The summed E-state index contributed by atoms with van der Waals surface area (Å²) < 4.78 is 10.5. The van der Waals surface area contributed by atoms with Crippen molar-refractivity contribution in [2.24, 2.45) is 0 Å². The number of aromatic hydroxyl groups is 1. The van der Waals surface area contributed by atoms with Crippen molar-refractivity contribution in [3.63, 3.8) is 0 Å². The highest BCUT2D eigenvalue weighted by Crippen LogP contribution is 2.33. The van der Waals surface area contributed by atoms with E-state index in [0.29, 0.717) is 18.2 Å². The standard InChI is InChI=1S/C16H26O2.C4H5N3O/c1-4-7-8-9-12-18-16-14(6-3)13(5-2)10-11-15(16)17;1-8-4-2-3-5-7-6-4/h10-11,17H,4-9,12H2,1-3H3;2-3H,1H3. The number of hydrogen-bond acceptors (Lipinski definition) is 6. The molecular formula is C20H31N3O3. The molecule has 0 amide bonds. The second kappa shape index (κ2) is 12.9. The van der Waals surface area contributed by atoms with Crippen LogP contribution in [0.3, 0.4) is 0 Å². The Morgan fingerprint density at radius 3 is 2.35 bits per heavy atom. The maximum Gasteiger partial charge on any atom is 0.236 e. The lowest BCUT2D eigenvalue weighted by atomic mass is 10.0. The van der Waals surface area contributed by atoms with Gasteiger partial charge in [0.05, 0.1) is 19.9 Å². The zero-order chi connectivity index (χ0) is 19.2. The van der Waals surface area contributed by atoms with Crippen LogP contribution in [-0.2, 0) is 12.8 Å². The smallest absolute Gasteiger partial charge is 0.236 e. The lowest BCUT2D eigenvalue weighted by Crippen LogP contribution is -2.02. The quantitative estimate of drug-likeness (QED) is 0.669. The number of ether oxygens (including phenoxy) is 2. The Kier molecular flexibility index (Phi) is 10.8. The van der Waals surface area contributed by atoms with Gasteiger partial charge in [-0.25, -0.2) is 0 Å². The van der Waals surface area contributed by atoms with E-state index in [-0.39, 0.29) is 5.75 Å². The van der Waals surface area contributed by atoms with Crippen molar-refractivity contribution in [2.45, 2.75) is 59.3 Å². The maximum atomic E-state index is 9.92. The Bertz CT molecular complexity index is 621. The number of phenolic OH excluding ortho intramolecular Hbond substituents is 1. The molecular weight excluding hydrogens is 330 g/mol. The normalized spacial score (nSPS) is 10.0. The maximum absolute atomic E-state index is 9.92. The summed E-state index contributed by atoms with van der Waals surface area (Å²) in [5, 5.41) is 20.2. The fraction of sp³-hybridized carbons (Fsp3) is 0.550. The lowest BCUT2D eigenvalue weighted by Gasteiger charge is -2.15. The minimum absolute atomic E-state index is 0.277. The fourth-order valence-electron chi connectivity index (χ4n) is 2.58. The third-order valence-corrected chi connectivity index (χ3v) is 4.00. The third kappa shape index (κ3) is 7.25. The summed E-state index contributed by atoms with van der Waals surface area (Å²) in [5.74, 6) is 1.47. The van der Waals surface area contributed by atoms with Crippen LogP contribution in [0, 0.1) is 0 Å². The summed E-state index contributed by atoms with van der Waals surface area (Å²) in [5.41, 5.74) is 2.44. The highest BCUT2D eigenvalue weighted by atomic mass is 16.5. The van der Waals surface area contributed by atoms with Crippen molar-refractivity contribution < 1.29 is 14.6 Å². The van der Waals surface area contributed by atoms with E-state index in [4.69, 9.17) is 9.47 Å². The van der Waals surface area contributed by atoms with Crippen molar-refractivity contribution >= 4 is 0 Å². The average Bonchev–Trinajstić information content (AvgIpc) is 2.69. The molecule has 144 valence electrons. The second-order valence-electron chi connectivity index (χ2n) is 5.83. The number of unbranched alkanes of at least 4 members (excludes halogenated alkanes) is 3. The first-order valence-electron chi connectivity index (χ1n) is 9.32. The molecule has 2 rings (SSSR count). The molecule has 0 radical (unpaired) electrons. The number of phenols is 1. The van der Waals surface area contributed by atoms with E-state index in [9.17, 15) is 5.11 Å². The second-order valence-corrected chi connectivity index (χ2v) is 5.83. The lowest BCUT2D eigenvalue weighted by molar-refractivity contribution is 0.286. The van der Waals surface area contributed by atoms with E-state index >= 15 is 0 Å². The summed E-state index contributed by atoms with van der Waals surface area (Å²) in [6.45, 7) is 7.15. The van der Waals surface area contributed by atoms with E-state index in [1.165, 1.54) is 38.1 Å². The molecule has 0 aliphatic carbocycles. The zero-order valence-electron chi connectivity index (χ0n) is 16.4. The van der Waals surface area contributed by atoms with Crippen LogP contribution in [0.2, 0.25) is 0 Å². The van der Waals surface area contributed by atoms with E-state index < -0.39 is 0 Å². The van der Waals surface area contributed by atoms with Gasteiger partial charge in [0.2, 0.25) is 5.88 Å². The van der Waals surface area contributed by atoms with E-state index in [1.54, 1.807) is 12.1 Å². The van der Waals surface area contributed by atoms with Gasteiger partial charge in [0.25, 0.3) is 0 Å². The highest BCUT2D eigenvalue weighted by molar-refractivity contribution is 5.50. The number of methoxy groups -OCH3 is 1. The number of hydrogen-bond donors (Lipinski definition) is 1. The van der Waals surface area contributed by atoms with Gasteiger partial charge >= 0.3 is 0 Å². The Labute approximate surface area is 156 Å². The molecule has 26 heavy (non-hydrogen) atoms. The number of rotatable bonds is 9. The van der Waals surface area contributed by atoms with Crippen molar-refractivity contribution in [3.05, 3.63) is 35.5 Å². The minimum Gasteiger partial charge on any atom is -0.504 e. The molecule has 0 unspecified atom stereocenters. The molecule has 0 spiro atoms. The summed E-state index contributed by atoms with van der Waals surface area (Å²) >= 11 is 0. The van der Waals surface area contributed by atoms with Gasteiger partial charge < -0.3 is 14.6 Å². The van der Waals surface area contributed by atoms with Crippen molar-refractivity contribution in [1.29, 1.82) is 0 Å². The van der Waals surface area contributed by atoms with Crippen LogP contribution in [0.25, 0.3) is 0 Å². The molecule has 1 aromatic heterocycles. The van der Waals surface area contributed by atoms with Gasteiger partial charge in [-0.1, -0.05) is 51.2 Å². The monoisotopic (exact) mass is 361 g/mol. The Balaban J connectivity index is 0.000000350. The molecule has 0 aliphatic heterocycles. The van der Waals surface area contributed by atoms with Crippen LogP contribution in [0.1, 0.15) is 57.6 Å². The zero-order valence-corrected chi connectivity index (χ0v) is 16.4. The van der Waals surface area contributed by atoms with Gasteiger partial charge in [-0.15, -0.1) is 5.10 Å². The Morgan fingerprint density at radius 1 is 1.00 bits per heavy atom. The number of nitrogens with zero attached hydrogens (tertiary/aromatic N) is 3. The molecule has 2 aromatic rings. The first kappa shape index (κ1) is 21.7. The molecule has 0 saturated heterocycles. The van der Waals surface area contributed by atoms with Gasteiger partial charge in [0.15, 0.2) is 11.5 Å². The topological polar surface area (TPSA) is 77.4 Å². The molecule has 1 N–H and O–H groups in total. The van der Waals surface area contributed by atoms with E-state index in [0.717, 1.165) is 24.8 Å². The van der Waals surface area contributed by atoms with Crippen molar-refractivity contribution in [3.8, 4) is 17.4 Å². The van der Waals surface area contributed by atoms with Gasteiger partial charge in [-0.05, 0) is 36.1 Å². The van der Waals surface area contributed by atoms with Crippen LogP contribution in [0.5, 0.6) is 17.4 Å². The fourth-order valence-corrected chi connectivity index (χ4v) is 2.58. The molecule has 6 heteroatoms. The van der Waals surface area contributed by atoms with Gasteiger partial charge in [0, 0.05) is 11.6 Å². The third-order valence-electron chi connectivity index (χ3n) is 4.00. The van der Waals surface area contributed by atoms with Gasteiger partial charge in [-0.3, -0.25) is 0 Å². The Hall–Kier alpha value is -2.37. The van der Waals surface area contributed by atoms with Crippen LogP contribution in [0.15, 0.2) is 24.4 Å². The molecule has 6 nitrogen and oxygen atoms in total. The highest BCUT2D eigenvalue weighted by Gasteiger charge is 2.11. The van der Waals surface area contributed by atoms with Gasteiger partial charge in [-0.2, -0.15) is 0 Å². The Morgan fingerprint density at radius 2 is 1.81 bits per heavy atom. The average molecular weight is 361 g/mol. The SMILES string of the molecule is CCCCCCOc1c(O)ccc(CC)c1CC.COc1ccnnn1. The van der Waals surface area contributed by atoms with Crippen LogP contribution in [0.4, 0.5) is 0 Å². The molecule has 0 atom stereocenters. The summed E-state index contributed by atoms with van der Waals surface area (Å²) in [7, 11) is 1.53. The van der Waals surface area contributed by atoms with Crippen LogP contribution in [-0.4, -0.2) is 34.2 Å². The van der Waals surface area contributed by atoms with Gasteiger partial charge in [0.1, 0.15) is 0 Å². The number of benzene rings is 1. The number of aromatic nitrogens is 3. The van der Waals surface area contributed by atoms with Crippen LogP contribution < -0.4 is 9.47 Å². The molecule has 1 aromatic carbocycles. The van der Waals surface area contributed by atoms with Crippen molar-refractivity contribution in [1.82, 2.24) is 15.4 Å². The predicted molar refractivity (Wildman–Crippen MR) is 103 cm³/mol. The summed E-state index contributed by atoms with van der Waals surface area (Å²) in [4.78, 5) is 0.